The lowest BCUT2D eigenvalue weighted by Crippen LogP contribution is -2.38. The first kappa shape index (κ1) is 16.1. The largest absolute Gasteiger partial charge is 0.369 e. The van der Waals surface area contributed by atoms with Crippen LogP contribution in [0.25, 0.3) is 0 Å². The Hall–Kier alpha value is -0.320. The summed E-state index contributed by atoms with van der Waals surface area (Å²) in [6, 6.07) is 1.80. The van der Waals surface area contributed by atoms with Crippen LogP contribution in [0.2, 0.25) is 10.0 Å². The SMILES string of the molecule is CCCNc1nc(N2CCSC(CC)C2)c(Cl)cc1Cl. The molecule has 0 aliphatic carbocycles. The maximum Gasteiger partial charge on any atom is 0.150 e. The molecule has 20 heavy (non-hydrogen) atoms. The highest BCUT2D eigenvalue weighted by atomic mass is 35.5. The summed E-state index contributed by atoms with van der Waals surface area (Å²) in [4.78, 5) is 6.92. The van der Waals surface area contributed by atoms with Crippen molar-refractivity contribution in [3.8, 4) is 0 Å². The van der Waals surface area contributed by atoms with E-state index in [2.05, 4.69) is 29.0 Å². The fourth-order valence-electron chi connectivity index (χ4n) is 2.20. The molecule has 1 N–H and O–H groups in total. The minimum absolute atomic E-state index is 0.589. The standard InChI is InChI=1S/C14H21Cl2N3S/c1-3-5-17-13-11(15)8-12(16)14(18-13)19-6-7-20-10(4-2)9-19/h8,10H,3-7,9H2,1-2H3,(H,17,18). The summed E-state index contributed by atoms with van der Waals surface area (Å²) in [5.74, 6) is 2.71. The van der Waals surface area contributed by atoms with Gasteiger partial charge in [0.05, 0.1) is 10.0 Å². The van der Waals surface area contributed by atoms with Crippen LogP contribution in [-0.2, 0) is 0 Å². The van der Waals surface area contributed by atoms with Gasteiger partial charge in [-0.05, 0) is 18.9 Å². The van der Waals surface area contributed by atoms with E-state index in [9.17, 15) is 0 Å². The number of hydrogen-bond donors (Lipinski definition) is 1. The minimum atomic E-state index is 0.589. The maximum absolute atomic E-state index is 6.34. The average Bonchev–Trinajstić information content (AvgIpc) is 2.46. The number of halogens is 2. The van der Waals surface area contributed by atoms with Crippen LogP contribution in [0.5, 0.6) is 0 Å². The maximum atomic E-state index is 6.34. The van der Waals surface area contributed by atoms with Gasteiger partial charge in [-0.1, -0.05) is 37.0 Å². The molecule has 0 aromatic carbocycles. The third kappa shape index (κ3) is 3.86. The molecule has 0 bridgehead atoms. The Labute approximate surface area is 135 Å². The van der Waals surface area contributed by atoms with Crippen LogP contribution in [0.1, 0.15) is 26.7 Å². The zero-order valence-electron chi connectivity index (χ0n) is 12.0. The average molecular weight is 334 g/mol. The Balaban J connectivity index is 2.21. The molecule has 112 valence electrons. The molecule has 0 spiro atoms. The molecule has 2 heterocycles. The fraction of sp³-hybridized carbons (Fsp3) is 0.643. The van der Waals surface area contributed by atoms with Crippen LogP contribution in [-0.4, -0.2) is 35.6 Å². The van der Waals surface area contributed by atoms with E-state index >= 15 is 0 Å². The zero-order valence-corrected chi connectivity index (χ0v) is 14.3. The first-order valence-corrected chi connectivity index (χ1v) is 8.92. The highest BCUT2D eigenvalue weighted by Crippen LogP contribution is 2.34. The molecule has 1 fully saturated rings. The lowest BCUT2D eigenvalue weighted by molar-refractivity contribution is 0.720. The lowest BCUT2D eigenvalue weighted by atomic mass is 10.3. The highest BCUT2D eigenvalue weighted by Gasteiger charge is 2.22. The predicted molar refractivity (Wildman–Crippen MR) is 91.8 cm³/mol. The Morgan fingerprint density at radius 2 is 2.20 bits per heavy atom. The summed E-state index contributed by atoms with van der Waals surface area (Å²) < 4.78 is 0. The molecule has 3 nitrogen and oxygen atoms in total. The van der Waals surface area contributed by atoms with Gasteiger partial charge in [-0.25, -0.2) is 4.98 Å². The number of pyridine rings is 1. The molecule has 1 aliphatic heterocycles. The second kappa shape index (κ2) is 7.62. The van der Waals surface area contributed by atoms with Gasteiger partial charge in [-0.2, -0.15) is 11.8 Å². The van der Waals surface area contributed by atoms with Crippen molar-refractivity contribution >= 4 is 46.6 Å². The van der Waals surface area contributed by atoms with Crippen molar-refractivity contribution in [2.75, 3.05) is 35.6 Å². The van der Waals surface area contributed by atoms with Crippen molar-refractivity contribution in [2.24, 2.45) is 0 Å². The molecule has 1 aromatic heterocycles. The molecule has 1 aliphatic rings. The van der Waals surface area contributed by atoms with Gasteiger partial charge >= 0.3 is 0 Å². The monoisotopic (exact) mass is 333 g/mol. The summed E-state index contributed by atoms with van der Waals surface area (Å²) >= 11 is 14.6. The smallest absolute Gasteiger partial charge is 0.150 e. The van der Waals surface area contributed by atoms with Crippen LogP contribution in [0.15, 0.2) is 6.07 Å². The van der Waals surface area contributed by atoms with Gasteiger partial charge in [0.25, 0.3) is 0 Å². The van der Waals surface area contributed by atoms with E-state index in [0.29, 0.717) is 15.3 Å². The highest BCUT2D eigenvalue weighted by molar-refractivity contribution is 8.00. The Bertz CT molecular complexity index is 456. The van der Waals surface area contributed by atoms with Gasteiger partial charge in [0.15, 0.2) is 0 Å². The number of thioether (sulfide) groups is 1. The van der Waals surface area contributed by atoms with Gasteiger partial charge < -0.3 is 10.2 Å². The van der Waals surface area contributed by atoms with Gasteiger partial charge in [0, 0.05) is 30.6 Å². The summed E-state index contributed by atoms with van der Waals surface area (Å²) in [6.07, 6.45) is 2.21. The first-order chi connectivity index (χ1) is 9.65. The number of nitrogens with one attached hydrogen (secondary N) is 1. The van der Waals surface area contributed by atoms with E-state index in [1.165, 1.54) is 6.42 Å². The molecule has 1 unspecified atom stereocenters. The van der Waals surface area contributed by atoms with Crippen molar-refractivity contribution in [3.63, 3.8) is 0 Å². The number of nitrogens with zero attached hydrogens (tertiary/aromatic N) is 2. The molecule has 0 amide bonds. The van der Waals surface area contributed by atoms with E-state index in [1.807, 2.05) is 11.8 Å². The molecule has 6 heteroatoms. The van der Waals surface area contributed by atoms with Gasteiger partial charge in [0.2, 0.25) is 0 Å². The Kier molecular flexibility index (Phi) is 6.12. The van der Waals surface area contributed by atoms with Crippen LogP contribution in [0.4, 0.5) is 11.6 Å². The van der Waals surface area contributed by atoms with Crippen molar-refractivity contribution in [1.29, 1.82) is 0 Å². The number of hydrogen-bond acceptors (Lipinski definition) is 4. The predicted octanol–water partition coefficient (Wildman–Crippen LogP) is 4.54. The van der Waals surface area contributed by atoms with Gasteiger partial charge in [-0.3, -0.25) is 0 Å². The van der Waals surface area contributed by atoms with Crippen molar-refractivity contribution < 1.29 is 0 Å². The molecular weight excluding hydrogens is 313 g/mol. The zero-order chi connectivity index (χ0) is 14.5. The summed E-state index contributed by atoms with van der Waals surface area (Å²) in [5, 5.41) is 5.14. The summed E-state index contributed by atoms with van der Waals surface area (Å²) in [7, 11) is 0. The lowest BCUT2D eigenvalue weighted by Gasteiger charge is -2.33. The Morgan fingerprint density at radius 3 is 2.90 bits per heavy atom. The van der Waals surface area contributed by atoms with E-state index in [-0.39, 0.29) is 0 Å². The molecular formula is C14H21Cl2N3S. The molecule has 0 saturated carbocycles. The Morgan fingerprint density at radius 1 is 1.40 bits per heavy atom. The number of rotatable bonds is 5. The molecule has 0 radical (unpaired) electrons. The quantitative estimate of drug-likeness (QED) is 0.855. The normalized spacial score (nSPS) is 19.2. The second-order valence-corrected chi connectivity index (χ2v) is 7.12. The summed E-state index contributed by atoms with van der Waals surface area (Å²) in [6.45, 7) is 7.20. The third-order valence-corrected chi connectivity index (χ3v) is 5.29. The van der Waals surface area contributed by atoms with Crippen LogP contribution in [0.3, 0.4) is 0 Å². The molecule has 1 atom stereocenters. The van der Waals surface area contributed by atoms with Crippen molar-refractivity contribution in [2.45, 2.75) is 31.9 Å². The van der Waals surface area contributed by atoms with E-state index in [4.69, 9.17) is 23.2 Å². The molecule has 1 aromatic rings. The van der Waals surface area contributed by atoms with E-state index in [0.717, 1.165) is 43.4 Å². The second-order valence-electron chi connectivity index (χ2n) is 4.90. The molecule has 2 rings (SSSR count). The van der Waals surface area contributed by atoms with Crippen LogP contribution >= 0.6 is 35.0 Å². The number of aromatic nitrogens is 1. The topological polar surface area (TPSA) is 28.2 Å². The van der Waals surface area contributed by atoms with Gasteiger partial charge in [-0.15, -0.1) is 0 Å². The van der Waals surface area contributed by atoms with Crippen LogP contribution in [0, 0.1) is 0 Å². The van der Waals surface area contributed by atoms with E-state index < -0.39 is 0 Å². The van der Waals surface area contributed by atoms with Crippen molar-refractivity contribution in [1.82, 2.24) is 4.98 Å². The third-order valence-electron chi connectivity index (χ3n) is 3.35. The fourth-order valence-corrected chi connectivity index (χ4v) is 3.93. The minimum Gasteiger partial charge on any atom is -0.369 e. The van der Waals surface area contributed by atoms with Gasteiger partial charge in [0.1, 0.15) is 11.6 Å². The van der Waals surface area contributed by atoms with E-state index in [1.54, 1.807) is 6.07 Å². The number of anilines is 2. The van der Waals surface area contributed by atoms with Crippen molar-refractivity contribution in [3.05, 3.63) is 16.1 Å². The van der Waals surface area contributed by atoms with Crippen LogP contribution < -0.4 is 10.2 Å². The molecule has 1 saturated heterocycles. The summed E-state index contributed by atoms with van der Waals surface area (Å²) in [5.41, 5.74) is 0. The first-order valence-electron chi connectivity index (χ1n) is 7.12.